The summed E-state index contributed by atoms with van der Waals surface area (Å²) < 4.78 is 5.77. The van der Waals surface area contributed by atoms with Gasteiger partial charge < -0.3 is 20.3 Å². The van der Waals surface area contributed by atoms with E-state index in [1.165, 1.54) is 19.3 Å². The van der Waals surface area contributed by atoms with Gasteiger partial charge in [0.25, 0.3) is 11.8 Å². The van der Waals surface area contributed by atoms with Crippen molar-refractivity contribution in [2.24, 2.45) is 0 Å². The third kappa shape index (κ3) is 5.50. The number of rotatable bonds is 6. The SMILES string of the molecule is CC1CCCCN1CCCNC(=O)c1ccc2c(c1)NC(=O)C(=Cc1cccc(Cl)c1)O2. The minimum absolute atomic E-state index is 0.158. The molecule has 0 aliphatic carbocycles. The van der Waals surface area contributed by atoms with Crippen molar-refractivity contribution in [2.45, 2.75) is 38.6 Å². The molecule has 32 heavy (non-hydrogen) atoms. The number of nitrogens with one attached hydrogen (secondary N) is 2. The molecule has 2 aromatic carbocycles. The number of halogens is 1. The zero-order chi connectivity index (χ0) is 22.5. The van der Waals surface area contributed by atoms with Gasteiger partial charge in [-0.3, -0.25) is 9.59 Å². The minimum atomic E-state index is -0.370. The van der Waals surface area contributed by atoms with E-state index in [1.54, 1.807) is 42.5 Å². The standard InChI is InChI=1S/C25H28ClN3O3/c1-17-6-2-3-12-29(17)13-5-11-27-24(30)19-9-10-22-21(16-19)28-25(31)23(32-22)15-18-7-4-8-20(26)14-18/h4,7-10,14-17H,2-3,5-6,11-13H2,1H3,(H,27,30)(H,28,31). The summed E-state index contributed by atoms with van der Waals surface area (Å²) >= 11 is 6.01. The maximum Gasteiger partial charge on any atom is 0.291 e. The molecule has 7 heteroatoms. The highest BCUT2D eigenvalue weighted by Crippen LogP contribution is 2.32. The van der Waals surface area contributed by atoms with Gasteiger partial charge in [-0.15, -0.1) is 0 Å². The summed E-state index contributed by atoms with van der Waals surface area (Å²) in [5, 5.41) is 6.36. The molecule has 1 atom stereocenters. The van der Waals surface area contributed by atoms with Crippen LogP contribution >= 0.6 is 11.6 Å². The molecule has 0 bridgehead atoms. The minimum Gasteiger partial charge on any atom is -0.449 e. The number of amides is 2. The fourth-order valence-electron chi connectivity index (χ4n) is 4.13. The molecule has 0 spiro atoms. The number of ether oxygens (including phenoxy) is 1. The summed E-state index contributed by atoms with van der Waals surface area (Å²) in [4.78, 5) is 27.5. The van der Waals surface area contributed by atoms with Crippen molar-refractivity contribution in [3.8, 4) is 5.75 Å². The average Bonchev–Trinajstić information content (AvgIpc) is 2.78. The van der Waals surface area contributed by atoms with E-state index in [0.29, 0.717) is 34.6 Å². The van der Waals surface area contributed by atoms with E-state index in [-0.39, 0.29) is 17.6 Å². The lowest BCUT2D eigenvalue weighted by Gasteiger charge is -2.33. The van der Waals surface area contributed by atoms with Crippen molar-refractivity contribution in [3.63, 3.8) is 0 Å². The van der Waals surface area contributed by atoms with Gasteiger partial charge in [0.1, 0.15) is 0 Å². The average molecular weight is 454 g/mol. The molecule has 0 radical (unpaired) electrons. The van der Waals surface area contributed by atoms with Gasteiger partial charge in [-0.2, -0.15) is 0 Å². The Morgan fingerprint density at radius 1 is 1.28 bits per heavy atom. The fourth-order valence-corrected chi connectivity index (χ4v) is 4.32. The van der Waals surface area contributed by atoms with Crippen molar-refractivity contribution in [2.75, 3.05) is 25.0 Å². The molecule has 2 amide bonds. The molecular weight excluding hydrogens is 426 g/mol. The monoisotopic (exact) mass is 453 g/mol. The molecule has 168 valence electrons. The molecule has 4 rings (SSSR count). The van der Waals surface area contributed by atoms with Crippen LogP contribution in [-0.4, -0.2) is 42.4 Å². The zero-order valence-electron chi connectivity index (χ0n) is 18.2. The first kappa shape index (κ1) is 22.4. The van der Waals surface area contributed by atoms with Gasteiger partial charge in [0.15, 0.2) is 11.5 Å². The summed E-state index contributed by atoms with van der Waals surface area (Å²) in [6.07, 6.45) is 6.37. The fraction of sp³-hybridized carbons (Fsp3) is 0.360. The van der Waals surface area contributed by atoms with Crippen LogP contribution in [0, 0.1) is 0 Å². The first-order valence-electron chi connectivity index (χ1n) is 11.1. The largest absolute Gasteiger partial charge is 0.449 e. The van der Waals surface area contributed by atoms with Crippen LogP contribution in [-0.2, 0) is 4.79 Å². The number of piperidine rings is 1. The number of hydrogen-bond donors (Lipinski definition) is 2. The number of carbonyl (C=O) groups excluding carboxylic acids is 2. The summed E-state index contributed by atoms with van der Waals surface area (Å²) in [5.74, 6) is 0.136. The van der Waals surface area contributed by atoms with Gasteiger partial charge in [0.05, 0.1) is 5.69 Å². The van der Waals surface area contributed by atoms with Gasteiger partial charge in [-0.25, -0.2) is 0 Å². The number of carbonyl (C=O) groups is 2. The molecule has 1 saturated heterocycles. The molecule has 2 heterocycles. The highest BCUT2D eigenvalue weighted by Gasteiger charge is 2.23. The number of fused-ring (bicyclic) bond motifs is 1. The number of benzene rings is 2. The first-order chi connectivity index (χ1) is 15.5. The van der Waals surface area contributed by atoms with Gasteiger partial charge >= 0.3 is 0 Å². The molecule has 2 aromatic rings. The second-order valence-corrected chi connectivity index (χ2v) is 8.76. The van der Waals surface area contributed by atoms with E-state index in [2.05, 4.69) is 22.5 Å². The second kappa shape index (κ2) is 10.2. The highest BCUT2D eigenvalue weighted by molar-refractivity contribution is 6.30. The Morgan fingerprint density at radius 2 is 2.16 bits per heavy atom. The lowest BCUT2D eigenvalue weighted by Crippen LogP contribution is -2.39. The second-order valence-electron chi connectivity index (χ2n) is 8.32. The number of anilines is 1. The van der Waals surface area contributed by atoms with Crippen molar-refractivity contribution < 1.29 is 14.3 Å². The lowest BCUT2D eigenvalue weighted by molar-refractivity contribution is -0.115. The lowest BCUT2D eigenvalue weighted by atomic mass is 10.0. The molecule has 6 nitrogen and oxygen atoms in total. The number of hydrogen-bond acceptors (Lipinski definition) is 4. The Hall–Kier alpha value is -2.83. The summed E-state index contributed by atoms with van der Waals surface area (Å²) in [7, 11) is 0. The molecule has 1 unspecified atom stereocenters. The number of likely N-dealkylation sites (tertiary alicyclic amines) is 1. The summed E-state index contributed by atoms with van der Waals surface area (Å²) in [6.45, 7) is 5.04. The van der Waals surface area contributed by atoms with E-state index < -0.39 is 0 Å². The molecule has 0 aromatic heterocycles. The summed E-state index contributed by atoms with van der Waals surface area (Å²) in [6, 6.07) is 12.8. The Morgan fingerprint density at radius 3 is 2.97 bits per heavy atom. The summed E-state index contributed by atoms with van der Waals surface area (Å²) in [5.41, 5.74) is 1.73. The Kier molecular flexibility index (Phi) is 7.12. The molecule has 0 saturated carbocycles. The van der Waals surface area contributed by atoms with Crippen LogP contribution in [0.15, 0.2) is 48.2 Å². The van der Waals surface area contributed by atoms with E-state index in [4.69, 9.17) is 16.3 Å². The highest BCUT2D eigenvalue weighted by atomic mass is 35.5. The normalized spacial score (nSPS) is 19.8. The van der Waals surface area contributed by atoms with E-state index in [1.807, 2.05) is 6.07 Å². The van der Waals surface area contributed by atoms with Crippen LogP contribution in [0.5, 0.6) is 5.75 Å². The first-order valence-corrected chi connectivity index (χ1v) is 11.5. The molecule has 1 fully saturated rings. The number of nitrogens with zero attached hydrogens (tertiary/aromatic N) is 1. The molecule has 2 N–H and O–H groups in total. The Balaban J connectivity index is 1.34. The van der Waals surface area contributed by atoms with Crippen LogP contribution in [0.4, 0.5) is 5.69 Å². The Bertz CT molecular complexity index is 1040. The third-order valence-corrected chi connectivity index (χ3v) is 6.16. The van der Waals surface area contributed by atoms with Gasteiger partial charge in [-0.05, 0) is 74.7 Å². The van der Waals surface area contributed by atoms with Crippen molar-refractivity contribution >= 4 is 35.2 Å². The molecule has 2 aliphatic heterocycles. The van der Waals surface area contributed by atoms with E-state index >= 15 is 0 Å². The van der Waals surface area contributed by atoms with Crippen LogP contribution in [0.1, 0.15) is 48.5 Å². The maximum absolute atomic E-state index is 12.6. The van der Waals surface area contributed by atoms with Crippen molar-refractivity contribution in [1.29, 1.82) is 0 Å². The Labute approximate surface area is 193 Å². The zero-order valence-corrected chi connectivity index (χ0v) is 19.0. The predicted molar refractivity (Wildman–Crippen MR) is 127 cm³/mol. The van der Waals surface area contributed by atoms with Crippen LogP contribution in [0.2, 0.25) is 5.02 Å². The quantitative estimate of drug-likeness (QED) is 0.491. The topological polar surface area (TPSA) is 70.7 Å². The van der Waals surface area contributed by atoms with Gasteiger partial charge in [0, 0.05) is 29.7 Å². The van der Waals surface area contributed by atoms with Crippen LogP contribution < -0.4 is 15.4 Å². The van der Waals surface area contributed by atoms with E-state index in [9.17, 15) is 9.59 Å². The van der Waals surface area contributed by atoms with Gasteiger partial charge in [0.2, 0.25) is 0 Å². The van der Waals surface area contributed by atoms with Gasteiger partial charge in [-0.1, -0.05) is 30.2 Å². The predicted octanol–water partition coefficient (Wildman–Crippen LogP) is 4.71. The van der Waals surface area contributed by atoms with Crippen molar-refractivity contribution in [1.82, 2.24) is 10.2 Å². The van der Waals surface area contributed by atoms with Crippen LogP contribution in [0.25, 0.3) is 6.08 Å². The smallest absolute Gasteiger partial charge is 0.291 e. The van der Waals surface area contributed by atoms with Crippen LogP contribution in [0.3, 0.4) is 0 Å². The maximum atomic E-state index is 12.6. The third-order valence-electron chi connectivity index (χ3n) is 5.93. The van der Waals surface area contributed by atoms with E-state index in [0.717, 1.165) is 25.1 Å². The van der Waals surface area contributed by atoms with Crippen molar-refractivity contribution in [3.05, 3.63) is 64.4 Å². The molecule has 2 aliphatic rings. The molecular formula is C25H28ClN3O3.